The first kappa shape index (κ1) is 17.2. The van der Waals surface area contributed by atoms with Gasteiger partial charge in [-0.2, -0.15) is 0 Å². The lowest BCUT2D eigenvalue weighted by molar-refractivity contribution is -0.111. The van der Waals surface area contributed by atoms with E-state index >= 15 is 0 Å². The van der Waals surface area contributed by atoms with Gasteiger partial charge in [0.2, 0.25) is 0 Å². The van der Waals surface area contributed by atoms with Crippen LogP contribution in [-0.4, -0.2) is 19.7 Å². The van der Waals surface area contributed by atoms with Crippen LogP contribution >= 0.6 is 0 Å². The van der Waals surface area contributed by atoms with Crippen LogP contribution in [0.25, 0.3) is 0 Å². The summed E-state index contributed by atoms with van der Waals surface area (Å²) in [4.78, 5) is 10.7. The second-order valence-corrected chi connectivity index (χ2v) is 4.45. The summed E-state index contributed by atoms with van der Waals surface area (Å²) in [6, 6.07) is 0. The van der Waals surface area contributed by atoms with Crippen molar-refractivity contribution < 1.29 is 14.3 Å². The molecule has 0 aromatic carbocycles. The molecule has 0 saturated carbocycles. The summed E-state index contributed by atoms with van der Waals surface area (Å²) in [6.45, 7) is 5.19. The maximum atomic E-state index is 10.7. The molecule has 0 aliphatic rings. The monoisotopic (exact) mass is 256 g/mol. The van der Waals surface area contributed by atoms with E-state index in [9.17, 15) is 4.79 Å². The summed E-state index contributed by atoms with van der Waals surface area (Å²) < 4.78 is 10.5. The fourth-order valence-corrected chi connectivity index (χ4v) is 1.55. The van der Waals surface area contributed by atoms with Crippen LogP contribution in [0.3, 0.4) is 0 Å². The number of hydrogen-bond donors (Lipinski definition) is 0. The van der Waals surface area contributed by atoms with Crippen molar-refractivity contribution in [3.8, 4) is 0 Å². The maximum absolute atomic E-state index is 10.7. The Kier molecular flexibility index (Phi) is 13.6. The van der Waals surface area contributed by atoms with Crippen LogP contribution in [0, 0.1) is 0 Å². The Morgan fingerprint density at radius 2 is 1.72 bits per heavy atom. The lowest BCUT2D eigenvalue weighted by Gasteiger charge is -2.06. The fraction of sp³-hybridized carbons (Fsp3) is 0.800. The molecule has 0 spiro atoms. The number of allylic oxidation sites excluding steroid dienone is 2. The van der Waals surface area contributed by atoms with Crippen molar-refractivity contribution in [1.82, 2.24) is 0 Å². The van der Waals surface area contributed by atoms with Gasteiger partial charge in [0.1, 0.15) is 0 Å². The second-order valence-electron chi connectivity index (χ2n) is 4.45. The first-order chi connectivity index (χ1) is 8.85. The number of aldehydes is 1. The van der Waals surface area contributed by atoms with E-state index in [1.165, 1.54) is 25.7 Å². The van der Waals surface area contributed by atoms with E-state index in [4.69, 9.17) is 9.47 Å². The zero-order valence-corrected chi connectivity index (χ0v) is 12.0. The highest BCUT2D eigenvalue weighted by Crippen LogP contribution is 2.07. The third kappa shape index (κ3) is 11.6. The average molecular weight is 256 g/mol. The predicted molar refractivity (Wildman–Crippen MR) is 74.3 cm³/mol. The molecular formula is C15H28O3. The van der Waals surface area contributed by atoms with Crippen LogP contribution in [0.5, 0.6) is 0 Å². The summed E-state index contributed by atoms with van der Waals surface area (Å²) in [5.41, 5.74) is 0. The predicted octanol–water partition coefficient (Wildman–Crippen LogP) is 4.22. The number of carbonyl (C=O) groups excluding carboxylic acids is 1. The van der Waals surface area contributed by atoms with Gasteiger partial charge in [-0.25, -0.2) is 0 Å². The van der Waals surface area contributed by atoms with Gasteiger partial charge in [-0.1, -0.05) is 46.0 Å². The summed E-state index contributed by atoms with van der Waals surface area (Å²) >= 11 is 0. The third-order valence-electron chi connectivity index (χ3n) is 2.72. The van der Waals surface area contributed by atoms with Gasteiger partial charge in [-0.15, -0.1) is 0 Å². The minimum absolute atomic E-state index is 0.181. The minimum atomic E-state index is 0.181. The highest BCUT2D eigenvalue weighted by Gasteiger charge is 1.96. The molecular weight excluding hydrogens is 228 g/mol. The average Bonchev–Trinajstić information content (AvgIpc) is 2.40. The van der Waals surface area contributed by atoms with Gasteiger partial charge in [0.05, 0.1) is 6.61 Å². The topological polar surface area (TPSA) is 35.5 Å². The van der Waals surface area contributed by atoms with Crippen molar-refractivity contribution in [2.75, 3.05) is 13.4 Å². The zero-order valence-electron chi connectivity index (χ0n) is 12.0. The minimum Gasteiger partial charge on any atom is -0.464 e. The number of carbonyl (C=O) groups is 1. The highest BCUT2D eigenvalue weighted by molar-refractivity contribution is 5.69. The Morgan fingerprint density at radius 1 is 1.00 bits per heavy atom. The largest absolute Gasteiger partial charge is 0.464 e. The molecule has 0 aromatic heterocycles. The summed E-state index contributed by atoms with van der Waals surface area (Å²) in [6.07, 6.45) is 11.8. The molecule has 3 nitrogen and oxygen atoms in total. The Balaban J connectivity index is 3.51. The first-order valence-electron chi connectivity index (χ1n) is 7.21. The van der Waals surface area contributed by atoms with Crippen molar-refractivity contribution >= 4 is 6.29 Å². The van der Waals surface area contributed by atoms with Crippen LogP contribution in [0.2, 0.25) is 0 Å². The van der Waals surface area contributed by atoms with Crippen molar-refractivity contribution in [3.05, 3.63) is 11.8 Å². The van der Waals surface area contributed by atoms with Crippen molar-refractivity contribution in [2.24, 2.45) is 0 Å². The molecule has 0 bridgehead atoms. The smallest absolute Gasteiger partial charge is 0.189 e. The SMILES string of the molecule is CCCCCCCC=C(C=O)OCOCCCC. The van der Waals surface area contributed by atoms with Crippen LogP contribution in [-0.2, 0) is 14.3 Å². The molecule has 0 aliphatic heterocycles. The molecule has 0 radical (unpaired) electrons. The van der Waals surface area contributed by atoms with Gasteiger partial charge in [-0.05, 0) is 25.3 Å². The molecule has 0 amide bonds. The summed E-state index contributed by atoms with van der Waals surface area (Å²) in [7, 11) is 0. The van der Waals surface area contributed by atoms with E-state index in [1.807, 2.05) is 6.08 Å². The lowest BCUT2D eigenvalue weighted by atomic mass is 10.1. The van der Waals surface area contributed by atoms with Gasteiger partial charge in [0.25, 0.3) is 0 Å². The molecule has 0 heterocycles. The number of ether oxygens (including phenoxy) is 2. The molecule has 0 unspecified atom stereocenters. The standard InChI is InChI=1S/C15H28O3/c1-3-5-7-8-9-10-11-15(13-16)18-14-17-12-6-4-2/h11,13H,3-10,12,14H2,1-2H3. The van der Waals surface area contributed by atoms with Gasteiger partial charge in [0.15, 0.2) is 18.8 Å². The Bertz CT molecular complexity index is 212. The molecule has 0 N–H and O–H groups in total. The molecule has 0 atom stereocenters. The first-order valence-corrected chi connectivity index (χ1v) is 7.21. The van der Waals surface area contributed by atoms with Crippen molar-refractivity contribution in [1.29, 1.82) is 0 Å². The van der Waals surface area contributed by atoms with Crippen molar-refractivity contribution in [2.45, 2.75) is 65.2 Å². The third-order valence-corrected chi connectivity index (χ3v) is 2.72. The van der Waals surface area contributed by atoms with E-state index in [0.29, 0.717) is 12.4 Å². The van der Waals surface area contributed by atoms with Crippen LogP contribution < -0.4 is 0 Å². The molecule has 0 saturated heterocycles. The van der Waals surface area contributed by atoms with Gasteiger partial charge < -0.3 is 9.47 Å². The quantitative estimate of drug-likeness (QED) is 0.163. The van der Waals surface area contributed by atoms with Crippen LogP contribution in [0.4, 0.5) is 0 Å². The molecule has 3 heteroatoms. The van der Waals surface area contributed by atoms with Gasteiger partial charge in [-0.3, -0.25) is 4.79 Å². The van der Waals surface area contributed by atoms with Gasteiger partial charge in [0, 0.05) is 0 Å². The van der Waals surface area contributed by atoms with E-state index < -0.39 is 0 Å². The highest BCUT2D eigenvalue weighted by atomic mass is 16.7. The maximum Gasteiger partial charge on any atom is 0.189 e. The molecule has 0 aliphatic carbocycles. The number of rotatable bonds is 13. The molecule has 0 rings (SSSR count). The molecule has 18 heavy (non-hydrogen) atoms. The number of hydrogen-bond acceptors (Lipinski definition) is 3. The zero-order chi connectivity index (χ0) is 13.5. The summed E-state index contributed by atoms with van der Waals surface area (Å²) in [5.74, 6) is 0.405. The van der Waals surface area contributed by atoms with E-state index in [1.54, 1.807) is 0 Å². The van der Waals surface area contributed by atoms with E-state index in [2.05, 4.69) is 13.8 Å². The van der Waals surface area contributed by atoms with Gasteiger partial charge >= 0.3 is 0 Å². The molecule has 106 valence electrons. The lowest BCUT2D eigenvalue weighted by Crippen LogP contribution is -2.02. The van der Waals surface area contributed by atoms with E-state index in [0.717, 1.165) is 32.0 Å². The Hall–Kier alpha value is -0.830. The fourth-order valence-electron chi connectivity index (χ4n) is 1.55. The number of unbranched alkanes of at least 4 members (excludes halogenated alkanes) is 6. The summed E-state index contributed by atoms with van der Waals surface area (Å²) in [5, 5.41) is 0. The second kappa shape index (κ2) is 14.2. The van der Waals surface area contributed by atoms with E-state index in [-0.39, 0.29) is 6.79 Å². The normalized spacial score (nSPS) is 11.6. The van der Waals surface area contributed by atoms with Crippen LogP contribution in [0.1, 0.15) is 65.2 Å². The molecule has 0 fully saturated rings. The van der Waals surface area contributed by atoms with Crippen LogP contribution in [0.15, 0.2) is 11.8 Å². The Labute approximate surface area is 112 Å². The van der Waals surface area contributed by atoms with Crippen molar-refractivity contribution in [3.63, 3.8) is 0 Å². The Morgan fingerprint density at radius 3 is 2.39 bits per heavy atom. The molecule has 0 aromatic rings.